The van der Waals surface area contributed by atoms with Gasteiger partial charge in [0.05, 0.1) is 16.1 Å². The molecule has 7 heteroatoms. The molecule has 0 N–H and O–H groups in total. The summed E-state index contributed by atoms with van der Waals surface area (Å²) in [5.41, 5.74) is 2.07. The van der Waals surface area contributed by atoms with Crippen LogP contribution >= 0.6 is 0 Å². The quantitative estimate of drug-likeness (QED) is 0.476. The highest BCUT2D eigenvalue weighted by Crippen LogP contribution is 2.23. The van der Waals surface area contributed by atoms with Crippen LogP contribution in [0.25, 0.3) is 16.8 Å². The van der Waals surface area contributed by atoms with E-state index >= 15 is 0 Å². The number of halogens is 1. The molecule has 4 rings (SSSR count). The Morgan fingerprint density at radius 1 is 0.903 bits per heavy atom. The van der Waals surface area contributed by atoms with Crippen molar-refractivity contribution in [1.29, 1.82) is 0 Å². The highest BCUT2D eigenvalue weighted by Gasteiger charge is 2.17. The Morgan fingerprint density at radius 2 is 1.61 bits per heavy atom. The molecule has 5 nitrogen and oxygen atoms in total. The van der Waals surface area contributed by atoms with Gasteiger partial charge in [0.15, 0.2) is 9.84 Å². The zero-order valence-electron chi connectivity index (χ0n) is 16.7. The SMILES string of the molecule is CS(=O)(=O)c1ccc(Cc2ccccc2F)c(-n2nccc(-c3ccccc3)c2=O)c1. The molecule has 0 saturated carbocycles. The Kier molecular flexibility index (Phi) is 5.52. The molecule has 1 aromatic heterocycles. The van der Waals surface area contributed by atoms with E-state index in [0.717, 1.165) is 11.8 Å². The first kappa shape index (κ1) is 20.7. The van der Waals surface area contributed by atoms with E-state index in [9.17, 15) is 17.6 Å². The third kappa shape index (κ3) is 4.32. The first-order valence-electron chi connectivity index (χ1n) is 9.55. The molecule has 0 spiro atoms. The maximum Gasteiger partial charge on any atom is 0.279 e. The molecule has 0 bridgehead atoms. The number of aromatic nitrogens is 2. The fraction of sp³-hybridized carbons (Fsp3) is 0.0833. The van der Waals surface area contributed by atoms with Gasteiger partial charge in [0, 0.05) is 18.9 Å². The molecule has 0 unspecified atom stereocenters. The molecular formula is C24H19FN2O3S. The third-order valence-corrected chi connectivity index (χ3v) is 6.09. The van der Waals surface area contributed by atoms with Gasteiger partial charge in [-0.25, -0.2) is 12.8 Å². The summed E-state index contributed by atoms with van der Waals surface area (Å²) in [4.78, 5) is 13.3. The fourth-order valence-electron chi connectivity index (χ4n) is 3.39. The van der Waals surface area contributed by atoms with Gasteiger partial charge in [0.2, 0.25) is 0 Å². The summed E-state index contributed by atoms with van der Waals surface area (Å²) in [6, 6.07) is 21.6. The standard InChI is InChI=1S/C24H19FN2O3S/c1-31(29,30)20-12-11-19(15-18-9-5-6-10-22(18)25)23(16-20)27-24(28)21(13-14-26-27)17-7-3-2-4-8-17/h2-14,16H,15H2,1H3. The van der Waals surface area contributed by atoms with Crippen LogP contribution in [0.1, 0.15) is 11.1 Å². The van der Waals surface area contributed by atoms with E-state index in [1.54, 1.807) is 30.3 Å². The zero-order chi connectivity index (χ0) is 22.0. The molecular weight excluding hydrogens is 415 g/mol. The van der Waals surface area contributed by atoms with E-state index in [2.05, 4.69) is 5.10 Å². The Morgan fingerprint density at radius 3 is 2.32 bits per heavy atom. The third-order valence-electron chi connectivity index (χ3n) is 4.98. The Bertz CT molecular complexity index is 1410. The van der Waals surface area contributed by atoms with Gasteiger partial charge in [-0.2, -0.15) is 9.78 Å². The van der Waals surface area contributed by atoms with Crippen molar-refractivity contribution in [2.45, 2.75) is 11.3 Å². The smallest absolute Gasteiger partial charge is 0.267 e. The molecule has 4 aromatic rings. The number of hydrogen-bond acceptors (Lipinski definition) is 4. The van der Waals surface area contributed by atoms with Crippen LogP contribution in [-0.2, 0) is 16.3 Å². The summed E-state index contributed by atoms with van der Waals surface area (Å²) in [6.45, 7) is 0. The number of sulfone groups is 1. The van der Waals surface area contributed by atoms with E-state index in [-0.39, 0.29) is 17.1 Å². The second-order valence-electron chi connectivity index (χ2n) is 7.16. The minimum atomic E-state index is -3.52. The molecule has 0 saturated heterocycles. The second-order valence-corrected chi connectivity index (χ2v) is 9.17. The topological polar surface area (TPSA) is 69.0 Å². The van der Waals surface area contributed by atoms with Crippen LogP contribution < -0.4 is 5.56 Å². The molecule has 0 aliphatic rings. The van der Waals surface area contributed by atoms with Crippen molar-refractivity contribution in [3.05, 3.63) is 112 Å². The minimum absolute atomic E-state index is 0.0543. The molecule has 156 valence electrons. The van der Waals surface area contributed by atoms with E-state index in [0.29, 0.717) is 22.4 Å². The Labute approximate surface area is 179 Å². The number of benzene rings is 3. The number of nitrogens with zero attached hydrogens (tertiary/aromatic N) is 2. The van der Waals surface area contributed by atoms with Gasteiger partial charge < -0.3 is 0 Å². The predicted molar refractivity (Wildman–Crippen MR) is 118 cm³/mol. The van der Waals surface area contributed by atoms with Gasteiger partial charge >= 0.3 is 0 Å². The van der Waals surface area contributed by atoms with Crippen molar-refractivity contribution in [3.63, 3.8) is 0 Å². The van der Waals surface area contributed by atoms with Crippen LogP contribution in [0.5, 0.6) is 0 Å². The molecule has 0 aliphatic carbocycles. The molecule has 3 aromatic carbocycles. The van der Waals surface area contributed by atoms with E-state index < -0.39 is 15.4 Å². The number of rotatable bonds is 5. The Balaban J connectivity index is 1.93. The lowest BCUT2D eigenvalue weighted by Gasteiger charge is -2.14. The summed E-state index contributed by atoms with van der Waals surface area (Å²) in [7, 11) is -3.52. The molecule has 0 amide bonds. The molecule has 1 heterocycles. The molecule has 0 radical (unpaired) electrons. The summed E-state index contributed by atoms with van der Waals surface area (Å²) in [5, 5.41) is 4.20. The zero-order valence-corrected chi connectivity index (χ0v) is 17.5. The maximum absolute atomic E-state index is 14.3. The van der Waals surface area contributed by atoms with Crippen molar-refractivity contribution in [2.24, 2.45) is 0 Å². The van der Waals surface area contributed by atoms with Crippen molar-refractivity contribution in [3.8, 4) is 16.8 Å². The lowest BCUT2D eigenvalue weighted by atomic mass is 10.0. The van der Waals surface area contributed by atoms with Crippen molar-refractivity contribution >= 4 is 9.84 Å². The highest BCUT2D eigenvalue weighted by molar-refractivity contribution is 7.90. The fourth-order valence-corrected chi connectivity index (χ4v) is 4.03. The van der Waals surface area contributed by atoms with Crippen LogP contribution in [-0.4, -0.2) is 24.5 Å². The second kappa shape index (κ2) is 8.28. The monoisotopic (exact) mass is 434 g/mol. The van der Waals surface area contributed by atoms with Crippen molar-refractivity contribution in [2.75, 3.05) is 6.26 Å². The van der Waals surface area contributed by atoms with Crippen molar-refractivity contribution in [1.82, 2.24) is 9.78 Å². The van der Waals surface area contributed by atoms with Crippen LogP contribution in [0, 0.1) is 5.82 Å². The summed E-state index contributed by atoms with van der Waals surface area (Å²) >= 11 is 0. The normalized spacial score (nSPS) is 11.4. The summed E-state index contributed by atoms with van der Waals surface area (Å²) in [5.74, 6) is -0.376. The largest absolute Gasteiger partial charge is 0.279 e. The molecule has 0 aliphatic heterocycles. The lowest BCUT2D eigenvalue weighted by Crippen LogP contribution is -2.23. The van der Waals surface area contributed by atoms with E-state index in [1.807, 2.05) is 30.3 Å². The Hall–Kier alpha value is -3.58. The van der Waals surface area contributed by atoms with E-state index in [4.69, 9.17) is 0 Å². The highest BCUT2D eigenvalue weighted by atomic mass is 32.2. The van der Waals surface area contributed by atoms with Crippen LogP contribution in [0.4, 0.5) is 4.39 Å². The van der Waals surface area contributed by atoms with Crippen LogP contribution in [0.2, 0.25) is 0 Å². The lowest BCUT2D eigenvalue weighted by molar-refractivity contribution is 0.601. The van der Waals surface area contributed by atoms with Gasteiger partial charge in [-0.15, -0.1) is 0 Å². The van der Waals surface area contributed by atoms with Crippen LogP contribution in [0.3, 0.4) is 0 Å². The van der Waals surface area contributed by atoms with Crippen LogP contribution in [0.15, 0.2) is 94.7 Å². The van der Waals surface area contributed by atoms with Gasteiger partial charge in [-0.05, 0) is 41.0 Å². The van der Waals surface area contributed by atoms with Gasteiger partial charge in [-0.3, -0.25) is 4.79 Å². The van der Waals surface area contributed by atoms with Gasteiger partial charge in [-0.1, -0.05) is 54.6 Å². The van der Waals surface area contributed by atoms with E-state index in [1.165, 1.54) is 29.1 Å². The van der Waals surface area contributed by atoms with Gasteiger partial charge in [0.1, 0.15) is 5.82 Å². The average Bonchev–Trinajstić information content (AvgIpc) is 2.76. The first-order valence-corrected chi connectivity index (χ1v) is 11.4. The number of hydrogen-bond donors (Lipinski definition) is 0. The molecule has 31 heavy (non-hydrogen) atoms. The molecule has 0 atom stereocenters. The maximum atomic E-state index is 14.3. The first-order chi connectivity index (χ1) is 14.8. The summed E-state index contributed by atoms with van der Waals surface area (Å²) in [6.07, 6.45) is 2.76. The van der Waals surface area contributed by atoms with Gasteiger partial charge in [0.25, 0.3) is 5.56 Å². The summed E-state index contributed by atoms with van der Waals surface area (Å²) < 4.78 is 39.7. The minimum Gasteiger partial charge on any atom is -0.267 e. The molecule has 0 fully saturated rings. The predicted octanol–water partition coefficient (Wildman–Crippen LogP) is 4.03. The van der Waals surface area contributed by atoms with Crippen molar-refractivity contribution < 1.29 is 12.8 Å². The average molecular weight is 434 g/mol.